The molecule has 0 bridgehead atoms. The second-order valence-corrected chi connectivity index (χ2v) is 8.31. The quantitative estimate of drug-likeness (QED) is 0.659. The first-order chi connectivity index (χ1) is 12.7. The van der Waals surface area contributed by atoms with Crippen molar-refractivity contribution in [2.45, 2.75) is 84.4 Å². The van der Waals surface area contributed by atoms with Crippen LogP contribution in [0.25, 0.3) is 5.76 Å². The van der Waals surface area contributed by atoms with Crippen LogP contribution in [-0.4, -0.2) is 33.8 Å². The molecule has 0 spiro atoms. The number of ether oxygens (including phenoxy) is 1. The van der Waals surface area contributed by atoms with Crippen molar-refractivity contribution >= 4 is 11.9 Å². The van der Waals surface area contributed by atoms with E-state index in [1.807, 2.05) is 71.0 Å². The van der Waals surface area contributed by atoms with E-state index in [1.54, 1.807) is 4.90 Å². The van der Waals surface area contributed by atoms with Crippen LogP contribution in [0.3, 0.4) is 0 Å². The third kappa shape index (κ3) is 5.58. The third-order valence-corrected chi connectivity index (χ3v) is 5.55. The van der Waals surface area contributed by atoms with Crippen LogP contribution >= 0.6 is 0 Å². The third-order valence-electron chi connectivity index (χ3n) is 5.55. The number of aliphatic hydroxyl groups is 1. The van der Waals surface area contributed by atoms with E-state index < -0.39 is 5.60 Å². The molecule has 1 fully saturated rings. The van der Waals surface area contributed by atoms with Crippen LogP contribution in [0.1, 0.15) is 72.3 Å². The smallest absolute Gasteiger partial charge is 0.410 e. The Hall–Kier alpha value is -1.81. The van der Waals surface area contributed by atoms with Crippen LogP contribution in [0.2, 0.25) is 0 Å². The Kier molecular flexibility index (Phi) is 7.49. The predicted octanol–water partition coefficient (Wildman–Crippen LogP) is 5.61. The number of hydrogen-bond donors (Lipinski definition) is 1. The molecule has 1 aromatic carbocycles. The Morgan fingerprint density at radius 2 is 1.59 bits per heavy atom. The van der Waals surface area contributed by atoms with E-state index in [9.17, 15) is 9.90 Å². The highest BCUT2D eigenvalue weighted by Crippen LogP contribution is 2.36. The zero-order valence-electron chi connectivity index (χ0n) is 17.4. The highest BCUT2D eigenvalue weighted by atomic mass is 16.6. The summed E-state index contributed by atoms with van der Waals surface area (Å²) in [6.07, 6.45) is 6.44. The fraction of sp³-hybridized carbons (Fsp3) is 0.609. The molecule has 27 heavy (non-hydrogen) atoms. The molecular weight excluding hydrogens is 338 g/mol. The molecular formula is C23H35NO3. The summed E-state index contributed by atoms with van der Waals surface area (Å²) in [5.41, 5.74) is 0.130. The summed E-state index contributed by atoms with van der Waals surface area (Å²) in [7, 11) is 0. The molecule has 0 heterocycles. The van der Waals surface area contributed by atoms with Gasteiger partial charge in [0.1, 0.15) is 5.76 Å². The average Bonchev–Trinajstić information content (AvgIpc) is 2.61. The van der Waals surface area contributed by atoms with Gasteiger partial charge in [0.2, 0.25) is 0 Å². The van der Waals surface area contributed by atoms with Gasteiger partial charge in [-0.1, -0.05) is 56.5 Å². The summed E-state index contributed by atoms with van der Waals surface area (Å²) < 4.78 is 5.86. The van der Waals surface area contributed by atoms with Crippen molar-refractivity contribution in [3.8, 4) is 0 Å². The van der Waals surface area contributed by atoms with Gasteiger partial charge in [-0.05, 0) is 46.6 Å². The minimum absolute atomic E-state index is 0.0504. The molecule has 1 saturated carbocycles. The van der Waals surface area contributed by atoms with Crippen molar-refractivity contribution in [1.82, 2.24) is 4.90 Å². The molecule has 4 heteroatoms. The van der Waals surface area contributed by atoms with E-state index in [1.165, 1.54) is 6.42 Å². The van der Waals surface area contributed by atoms with Crippen LogP contribution in [0.15, 0.2) is 36.4 Å². The molecule has 1 atom stereocenters. The molecule has 2 rings (SSSR count). The van der Waals surface area contributed by atoms with Gasteiger partial charge in [0.25, 0.3) is 0 Å². The van der Waals surface area contributed by atoms with Crippen molar-refractivity contribution in [2.24, 2.45) is 5.92 Å². The van der Waals surface area contributed by atoms with Gasteiger partial charge in [-0.3, -0.25) is 0 Å². The van der Waals surface area contributed by atoms with E-state index in [4.69, 9.17) is 4.74 Å². The molecule has 150 valence electrons. The lowest BCUT2D eigenvalue weighted by molar-refractivity contribution is -0.0276. The molecule has 1 aliphatic rings. The van der Waals surface area contributed by atoms with E-state index in [0.717, 1.165) is 31.2 Å². The van der Waals surface area contributed by atoms with Crippen molar-refractivity contribution in [3.63, 3.8) is 0 Å². The molecule has 0 radical (unpaired) electrons. The summed E-state index contributed by atoms with van der Waals surface area (Å²) in [5, 5.41) is 11.1. The van der Waals surface area contributed by atoms with Crippen molar-refractivity contribution in [3.05, 3.63) is 42.0 Å². The number of carbonyl (C=O) groups is 1. The van der Waals surface area contributed by atoms with E-state index >= 15 is 0 Å². The molecule has 0 aliphatic heterocycles. The summed E-state index contributed by atoms with van der Waals surface area (Å²) >= 11 is 0. The highest BCUT2D eigenvalue weighted by Gasteiger charge is 2.35. The largest absolute Gasteiger partial charge is 0.415 e. The van der Waals surface area contributed by atoms with Crippen LogP contribution in [0, 0.1) is 5.92 Å². The minimum Gasteiger partial charge on any atom is -0.410 e. The van der Waals surface area contributed by atoms with Gasteiger partial charge < -0.3 is 14.7 Å². The summed E-state index contributed by atoms with van der Waals surface area (Å²) in [5.74, 6) is 0.436. The highest BCUT2D eigenvalue weighted by molar-refractivity contribution is 5.77. The van der Waals surface area contributed by atoms with E-state index in [-0.39, 0.29) is 24.1 Å². The van der Waals surface area contributed by atoms with E-state index in [2.05, 4.69) is 0 Å². The zero-order chi connectivity index (χ0) is 20.0. The zero-order valence-corrected chi connectivity index (χ0v) is 17.4. The number of hydrogen-bond acceptors (Lipinski definition) is 3. The monoisotopic (exact) mass is 373 g/mol. The lowest BCUT2D eigenvalue weighted by Crippen LogP contribution is -2.42. The van der Waals surface area contributed by atoms with Gasteiger partial charge in [-0.15, -0.1) is 0 Å². The van der Waals surface area contributed by atoms with E-state index in [0.29, 0.717) is 5.76 Å². The molecule has 0 saturated heterocycles. The first kappa shape index (κ1) is 21.5. The maximum Gasteiger partial charge on any atom is 0.415 e. The second-order valence-electron chi connectivity index (χ2n) is 8.31. The topological polar surface area (TPSA) is 49.8 Å². The van der Waals surface area contributed by atoms with Gasteiger partial charge >= 0.3 is 6.09 Å². The number of amides is 1. The van der Waals surface area contributed by atoms with Crippen LogP contribution in [0.4, 0.5) is 4.79 Å². The fourth-order valence-corrected chi connectivity index (χ4v) is 3.96. The van der Waals surface area contributed by atoms with Crippen LogP contribution < -0.4 is 0 Å². The standard InChI is InChI=1S/C23H35NO3/c1-17(2)24(18(3)4)22(25)27-21(20-12-8-6-9-13-20)16-19(5)23(26)14-10-7-11-15-23/h6,8-9,12-13,16-19,26H,7,10-11,14-15H2,1-5H3/b21-16-/t19-/m1/s1. The summed E-state index contributed by atoms with van der Waals surface area (Å²) in [6.45, 7) is 9.97. The average molecular weight is 374 g/mol. The Balaban J connectivity index is 2.30. The molecule has 0 aromatic heterocycles. The lowest BCUT2D eigenvalue weighted by atomic mass is 9.76. The van der Waals surface area contributed by atoms with Crippen molar-refractivity contribution in [2.75, 3.05) is 0 Å². The number of nitrogens with zero attached hydrogens (tertiary/aromatic N) is 1. The number of benzene rings is 1. The first-order valence-corrected chi connectivity index (χ1v) is 10.2. The predicted molar refractivity (Wildman–Crippen MR) is 110 cm³/mol. The first-order valence-electron chi connectivity index (χ1n) is 10.2. The van der Waals surface area contributed by atoms with Gasteiger partial charge in [0, 0.05) is 23.6 Å². The fourth-order valence-electron chi connectivity index (χ4n) is 3.96. The van der Waals surface area contributed by atoms with Crippen LogP contribution in [0.5, 0.6) is 0 Å². The lowest BCUT2D eigenvalue weighted by Gasteiger charge is -2.36. The van der Waals surface area contributed by atoms with Crippen LogP contribution in [-0.2, 0) is 4.74 Å². The molecule has 4 nitrogen and oxygen atoms in total. The Bertz CT molecular complexity index is 622. The van der Waals surface area contributed by atoms with Gasteiger partial charge in [0.05, 0.1) is 5.60 Å². The normalized spacial score (nSPS) is 18.4. The molecule has 0 unspecified atom stereocenters. The Morgan fingerprint density at radius 3 is 2.11 bits per heavy atom. The maximum atomic E-state index is 12.8. The van der Waals surface area contributed by atoms with Gasteiger partial charge in [-0.2, -0.15) is 0 Å². The Morgan fingerprint density at radius 1 is 1.04 bits per heavy atom. The molecule has 1 aromatic rings. The second kappa shape index (κ2) is 9.41. The Labute approximate surface area is 164 Å². The van der Waals surface area contributed by atoms with Crippen molar-refractivity contribution < 1.29 is 14.6 Å². The molecule has 1 amide bonds. The summed E-state index contributed by atoms with van der Waals surface area (Å²) in [6, 6.07) is 9.77. The van der Waals surface area contributed by atoms with Gasteiger partial charge in [0.15, 0.2) is 0 Å². The minimum atomic E-state index is -0.722. The number of rotatable bonds is 6. The molecule has 1 N–H and O–H groups in total. The SMILES string of the molecule is CC(C)N(C(=O)O/C(=C\[C@@H](C)C1(O)CCCCC1)c1ccccc1)C(C)C. The summed E-state index contributed by atoms with van der Waals surface area (Å²) in [4.78, 5) is 14.6. The van der Waals surface area contributed by atoms with Gasteiger partial charge in [-0.25, -0.2) is 4.79 Å². The van der Waals surface area contributed by atoms with Crippen molar-refractivity contribution in [1.29, 1.82) is 0 Å². The molecule has 1 aliphatic carbocycles. The maximum absolute atomic E-state index is 12.8. The number of carbonyl (C=O) groups excluding carboxylic acids is 1.